The van der Waals surface area contributed by atoms with Crippen LogP contribution < -0.4 is 4.74 Å². The first kappa shape index (κ1) is 19.6. The van der Waals surface area contributed by atoms with Crippen LogP contribution in [0, 0.1) is 0 Å². The molecule has 0 unspecified atom stereocenters. The topological polar surface area (TPSA) is 90.1 Å². The van der Waals surface area contributed by atoms with E-state index in [1.165, 1.54) is 15.3 Å². The predicted molar refractivity (Wildman–Crippen MR) is 121 cm³/mol. The van der Waals surface area contributed by atoms with Crippen molar-refractivity contribution in [1.29, 1.82) is 0 Å². The van der Waals surface area contributed by atoms with Gasteiger partial charge in [-0.05, 0) is 12.1 Å². The van der Waals surface area contributed by atoms with Crippen LogP contribution in [0.5, 0.6) is 5.75 Å². The van der Waals surface area contributed by atoms with Crippen molar-refractivity contribution in [2.24, 2.45) is 0 Å². The van der Waals surface area contributed by atoms with Crippen LogP contribution in [0.15, 0.2) is 55.1 Å². The average molecular weight is 518 g/mol. The summed E-state index contributed by atoms with van der Waals surface area (Å²) in [5.74, 6) is -0.168. The van der Waals surface area contributed by atoms with Gasteiger partial charge in [0.1, 0.15) is 5.75 Å². The molecule has 0 saturated heterocycles. The van der Waals surface area contributed by atoms with Crippen molar-refractivity contribution >= 4 is 47.3 Å². The lowest BCUT2D eigenvalue weighted by molar-refractivity contribution is -0.136. The lowest BCUT2D eigenvalue weighted by Crippen LogP contribution is -2.03. The minimum atomic E-state index is -0.945. The third kappa shape index (κ3) is 3.92. The van der Waals surface area contributed by atoms with E-state index in [2.05, 4.69) is 36.2 Å². The molecule has 9 heteroatoms. The zero-order valence-electron chi connectivity index (χ0n) is 15.2. The Morgan fingerprint density at radius 2 is 2.07 bits per heavy atom. The minimum Gasteiger partial charge on any atom is -0.496 e. The van der Waals surface area contributed by atoms with Crippen LogP contribution in [0.2, 0.25) is 0 Å². The monoisotopic (exact) mass is 518 g/mol. The standard InChI is InChI=1S/C20H15IN4O3S/c1-28-18-5-3-2-4-14(18)16-11-25(29-21)20-15(16)6-12(8-23-20)17-10-22-9-13(24-17)7-19(26)27/h2-6,8-11H,7H2,1H3,(H,26,27). The summed E-state index contributed by atoms with van der Waals surface area (Å²) in [4.78, 5) is 24.2. The van der Waals surface area contributed by atoms with Crippen LogP contribution in [0.3, 0.4) is 0 Å². The molecule has 4 aromatic rings. The second kappa shape index (κ2) is 8.37. The van der Waals surface area contributed by atoms with E-state index in [4.69, 9.17) is 9.84 Å². The van der Waals surface area contributed by atoms with Gasteiger partial charge in [0.05, 0.1) is 31.1 Å². The molecule has 0 aliphatic carbocycles. The minimum absolute atomic E-state index is 0.176. The number of hydrogen-bond donors (Lipinski definition) is 1. The fourth-order valence-corrected chi connectivity index (χ4v) is 4.40. The van der Waals surface area contributed by atoms with Gasteiger partial charge in [0.2, 0.25) is 0 Å². The van der Waals surface area contributed by atoms with Crippen molar-refractivity contribution in [2.45, 2.75) is 6.42 Å². The van der Waals surface area contributed by atoms with Gasteiger partial charge in [-0.2, -0.15) is 0 Å². The normalized spacial score (nSPS) is 11.0. The van der Waals surface area contributed by atoms with E-state index in [9.17, 15) is 4.79 Å². The van der Waals surface area contributed by atoms with E-state index in [0.717, 1.165) is 33.5 Å². The van der Waals surface area contributed by atoms with Gasteiger partial charge in [0.15, 0.2) is 5.65 Å². The van der Waals surface area contributed by atoms with E-state index in [1.807, 2.05) is 40.5 Å². The largest absolute Gasteiger partial charge is 0.496 e. The summed E-state index contributed by atoms with van der Waals surface area (Å²) in [6.07, 6.45) is 6.66. The number of methoxy groups -OCH3 is 1. The number of benzene rings is 1. The number of carboxylic acids is 1. The van der Waals surface area contributed by atoms with E-state index >= 15 is 0 Å². The maximum Gasteiger partial charge on any atom is 0.309 e. The molecule has 0 aliphatic heterocycles. The first-order valence-corrected chi connectivity index (χ1v) is 11.9. The van der Waals surface area contributed by atoms with Crippen LogP contribution in [-0.4, -0.2) is 37.1 Å². The molecule has 4 rings (SSSR count). The molecular formula is C20H15IN4O3S. The van der Waals surface area contributed by atoms with Crippen molar-refractivity contribution in [2.75, 3.05) is 7.11 Å². The summed E-state index contributed by atoms with van der Waals surface area (Å²) in [7, 11) is 3.18. The number of nitrogens with zero attached hydrogens (tertiary/aromatic N) is 4. The zero-order chi connectivity index (χ0) is 20.4. The fourth-order valence-electron chi connectivity index (χ4n) is 3.14. The number of aromatic nitrogens is 4. The second-order valence-corrected chi connectivity index (χ2v) is 7.91. The summed E-state index contributed by atoms with van der Waals surface area (Å²) >= 11 is 2.22. The highest BCUT2D eigenvalue weighted by atomic mass is 127. The van der Waals surface area contributed by atoms with Crippen molar-refractivity contribution in [3.05, 3.63) is 60.8 Å². The lowest BCUT2D eigenvalue weighted by atomic mass is 10.0. The Kier molecular flexibility index (Phi) is 5.67. The zero-order valence-corrected chi connectivity index (χ0v) is 18.2. The number of aliphatic carboxylic acids is 1. The van der Waals surface area contributed by atoms with E-state index in [-0.39, 0.29) is 6.42 Å². The Bertz CT molecular complexity index is 1210. The summed E-state index contributed by atoms with van der Waals surface area (Å²) in [6.45, 7) is 0. The van der Waals surface area contributed by atoms with Crippen molar-refractivity contribution in [1.82, 2.24) is 18.9 Å². The number of rotatable bonds is 6. The molecule has 3 aromatic heterocycles. The Hall–Kier alpha value is -2.66. The van der Waals surface area contributed by atoms with Gasteiger partial charge in [-0.1, -0.05) is 18.2 Å². The van der Waals surface area contributed by atoms with Crippen LogP contribution in [-0.2, 0) is 11.2 Å². The van der Waals surface area contributed by atoms with Crippen molar-refractivity contribution < 1.29 is 14.6 Å². The molecular weight excluding hydrogens is 503 g/mol. The number of ether oxygens (including phenoxy) is 1. The van der Waals surface area contributed by atoms with Gasteiger partial charge in [-0.3, -0.25) is 13.8 Å². The molecule has 1 N–H and O–H groups in total. The van der Waals surface area contributed by atoms with Gasteiger partial charge >= 0.3 is 5.97 Å². The molecule has 29 heavy (non-hydrogen) atoms. The van der Waals surface area contributed by atoms with Gasteiger partial charge in [0.25, 0.3) is 0 Å². The molecule has 0 saturated carbocycles. The molecule has 7 nitrogen and oxygen atoms in total. The van der Waals surface area contributed by atoms with Crippen LogP contribution >= 0.6 is 30.3 Å². The Morgan fingerprint density at radius 3 is 2.83 bits per heavy atom. The van der Waals surface area contributed by atoms with E-state index < -0.39 is 5.97 Å². The van der Waals surface area contributed by atoms with Gasteiger partial charge in [-0.15, -0.1) is 0 Å². The number of halogens is 1. The summed E-state index contributed by atoms with van der Waals surface area (Å²) < 4.78 is 7.54. The summed E-state index contributed by atoms with van der Waals surface area (Å²) in [5.41, 5.74) is 4.53. The molecule has 3 heterocycles. The van der Waals surface area contributed by atoms with E-state index in [0.29, 0.717) is 11.4 Å². The van der Waals surface area contributed by atoms with Gasteiger partial charge in [-0.25, -0.2) is 9.97 Å². The maximum absolute atomic E-state index is 11.0. The summed E-state index contributed by atoms with van der Waals surface area (Å²) in [6, 6.07) is 9.84. The molecule has 0 aliphatic rings. The molecule has 0 fully saturated rings. The number of hydrogen-bond acceptors (Lipinski definition) is 6. The Morgan fingerprint density at radius 1 is 1.24 bits per heavy atom. The number of carboxylic acid groups (broad SMARTS) is 1. The third-order valence-corrected chi connectivity index (χ3v) is 6.10. The maximum atomic E-state index is 11.0. The number of carbonyl (C=O) groups is 1. The van der Waals surface area contributed by atoms with Crippen LogP contribution in [0.25, 0.3) is 33.4 Å². The molecule has 0 amide bonds. The lowest BCUT2D eigenvalue weighted by Gasteiger charge is -2.07. The first-order valence-electron chi connectivity index (χ1n) is 8.57. The van der Waals surface area contributed by atoms with E-state index in [1.54, 1.807) is 19.5 Å². The molecule has 0 bridgehead atoms. The highest BCUT2D eigenvalue weighted by molar-refractivity contribution is 14.2. The number of fused-ring (bicyclic) bond motifs is 1. The smallest absolute Gasteiger partial charge is 0.309 e. The van der Waals surface area contributed by atoms with Crippen molar-refractivity contribution in [3.8, 4) is 28.1 Å². The number of pyridine rings is 1. The quantitative estimate of drug-likeness (QED) is 0.372. The molecule has 0 spiro atoms. The SMILES string of the molecule is COc1ccccc1-c1cn(SI)c2ncc(-c3cncc(CC(=O)O)n3)cc12. The van der Waals surface area contributed by atoms with Crippen molar-refractivity contribution in [3.63, 3.8) is 0 Å². The average Bonchev–Trinajstić information content (AvgIpc) is 3.11. The van der Waals surface area contributed by atoms with Crippen LogP contribution in [0.1, 0.15) is 5.69 Å². The molecule has 1 aromatic carbocycles. The molecule has 0 radical (unpaired) electrons. The van der Waals surface area contributed by atoms with Crippen LogP contribution in [0.4, 0.5) is 0 Å². The number of para-hydroxylation sites is 1. The Balaban J connectivity index is 1.89. The summed E-state index contributed by atoms with van der Waals surface area (Å²) in [5, 5.41) is 9.96. The molecule has 0 atom stereocenters. The fraction of sp³-hybridized carbons (Fsp3) is 0.100. The predicted octanol–water partition coefficient (Wildman–Crippen LogP) is 4.64. The Labute approximate surface area is 182 Å². The highest BCUT2D eigenvalue weighted by Gasteiger charge is 2.16. The van der Waals surface area contributed by atoms with Gasteiger partial charge in [0, 0.05) is 71.0 Å². The third-order valence-electron chi connectivity index (χ3n) is 4.40. The molecule has 146 valence electrons. The first-order chi connectivity index (χ1) is 14.1. The van der Waals surface area contributed by atoms with Gasteiger partial charge < -0.3 is 9.84 Å². The highest BCUT2D eigenvalue weighted by Crippen LogP contribution is 2.39. The second-order valence-electron chi connectivity index (χ2n) is 6.20.